The Bertz CT molecular complexity index is 556. The van der Waals surface area contributed by atoms with Crippen LogP contribution in [0.4, 0.5) is 0 Å². The third-order valence-electron chi connectivity index (χ3n) is 2.21. The Hall–Kier alpha value is -0.690. The Morgan fingerprint density at radius 1 is 1.47 bits per heavy atom. The third kappa shape index (κ3) is 1.98. The molecule has 1 aromatic heterocycles. The Morgan fingerprint density at radius 2 is 2.20 bits per heavy atom. The van der Waals surface area contributed by atoms with E-state index in [0.717, 1.165) is 11.4 Å². The number of rotatable bonds is 1. The molecule has 0 amide bonds. The van der Waals surface area contributed by atoms with Crippen LogP contribution < -0.4 is 0 Å². The van der Waals surface area contributed by atoms with Crippen molar-refractivity contribution in [3.05, 3.63) is 32.1 Å². The molecule has 2 aromatic rings. The topological polar surface area (TPSA) is 33.6 Å². The fraction of sp³-hybridized carbons (Fsp3) is 0.200. The quantitative estimate of drug-likeness (QED) is 0.644. The second-order valence-corrected chi connectivity index (χ2v) is 4.79. The molecule has 0 radical (unpaired) electrons. The Morgan fingerprint density at radius 3 is 2.80 bits per heavy atom. The fourth-order valence-electron chi connectivity index (χ4n) is 1.35. The maximum absolute atomic E-state index is 5.07. The zero-order valence-corrected chi connectivity index (χ0v) is 11.4. The van der Waals surface area contributed by atoms with E-state index in [1.54, 1.807) is 4.68 Å². The second-order valence-electron chi connectivity index (χ2n) is 3.35. The number of benzene rings is 1. The van der Waals surface area contributed by atoms with Gasteiger partial charge in [-0.3, -0.25) is 9.78 Å². The molecule has 1 heterocycles. The summed E-state index contributed by atoms with van der Waals surface area (Å²) in [7, 11) is 1.86. The smallest absolute Gasteiger partial charge is 0.216 e. The van der Waals surface area contributed by atoms with Crippen molar-refractivity contribution in [1.29, 1.82) is 0 Å². The molecule has 2 rings (SSSR count). The highest BCUT2D eigenvalue weighted by Crippen LogP contribution is 2.24. The highest BCUT2D eigenvalue weighted by Gasteiger charge is 2.08. The average Bonchev–Trinajstić information content (AvgIpc) is 2.51. The van der Waals surface area contributed by atoms with Crippen molar-refractivity contribution >= 4 is 34.8 Å². The number of halogens is 1. The maximum atomic E-state index is 5.07. The first-order chi connectivity index (χ1) is 7.09. The van der Waals surface area contributed by atoms with Gasteiger partial charge in [0.25, 0.3) is 0 Å². The summed E-state index contributed by atoms with van der Waals surface area (Å²) in [4.78, 5) is 4.30. The van der Waals surface area contributed by atoms with Crippen LogP contribution in [0.5, 0.6) is 0 Å². The lowest BCUT2D eigenvalue weighted by molar-refractivity contribution is 0.756. The summed E-state index contributed by atoms with van der Waals surface area (Å²) in [5, 5.41) is 3.13. The fourth-order valence-corrected chi connectivity index (χ4v) is 2.11. The minimum Gasteiger partial charge on any atom is -0.279 e. The molecule has 0 bridgehead atoms. The second kappa shape index (κ2) is 4.05. The van der Waals surface area contributed by atoms with E-state index in [2.05, 4.69) is 45.7 Å². The molecule has 0 aliphatic carbocycles. The molecule has 1 N–H and O–H groups in total. The van der Waals surface area contributed by atoms with Gasteiger partial charge in [0.05, 0.1) is 0 Å². The number of aryl methyl sites for hydroxylation is 2. The summed E-state index contributed by atoms with van der Waals surface area (Å²) >= 11 is 7.39. The van der Waals surface area contributed by atoms with Crippen LogP contribution in [0, 0.1) is 15.3 Å². The number of aromatic nitrogens is 3. The predicted molar refractivity (Wildman–Crippen MR) is 71.3 cm³/mol. The molecule has 0 aliphatic heterocycles. The minimum atomic E-state index is 0.572. The van der Waals surface area contributed by atoms with E-state index in [4.69, 9.17) is 12.2 Å². The number of aromatic amines is 1. The average molecular weight is 331 g/mol. The van der Waals surface area contributed by atoms with Gasteiger partial charge in [-0.2, -0.15) is 4.98 Å². The Balaban J connectivity index is 2.64. The van der Waals surface area contributed by atoms with Gasteiger partial charge in [0.2, 0.25) is 4.77 Å². The number of nitrogens with zero attached hydrogens (tertiary/aromatic N) is 2. The van der Waals surface area contributed by atoms with Crippen LogP contribution in [0.2, 0.25) is 0 Å². The van der Waals surface area contributed by atoms with Gasteiger partial charge in [0, 0.05) is 16.2 Å². The Labute approximate surface area is 107 Å². The van der Waals surface area contributed by atoms with Gasteiger partial charge in [0.15, 0.2) is 5.82 Å². The molecule has 1 aromatic carbocycles. The lowest BCUT2D eigenvalue weighted by Crippen LogP contribution is -1.91. The van der Waals surface area contributed by atoms with Crippen LogP contribution in [0.15, 0.2) is 18.2 Å². The van der Waals surface area contributed by atoms with Crippen molar-refractivity contribution in [2.45, 2.75) is 6.92 Å². The van der Waals surface area contributed by atoms with Gasteiger partial charge in [-0.05, 0) is 47.3 Å². The summed E-state index contributed by atoms with van der Waals surface area (Å²) in [5.41, 5.74) is 2.35. The lowest BCUT2D eigenvalue weighted by Gasteiger charge is -2.03. The van der Waals surface area contributed by atoms with Gasteiger partial charge in [-0.15, -0.1) is 0 Å². The van der Waals surface area contributed by atoms with Gasteiger partial charge in [-0.1, -0.05) is 18.2 Å². The van der Waals surface area contributed by atoms with Crippen molar-refractivity contribution in [2.24, 2.45) is 7.05 Å². The first-order valence-corrected chi connectivity index (χ1v) is 5.97. The molecule has 3 nitrogen and oxygen atoms in total. The third-order valence-corrected chi connectivity index (χ3v) is 4.01. The van der Waals surface area contributed by atoms with Gasteiger partial charge < -0.3 is 0 Å². The molecule has 5 heteroatoms. The van der Waals surface area contributed by atoms with E-state index in [1.165, 1.54) is 9.13 Å². The SMILES string of the molecule is Cc1cccc(-c2nc(=S)n(C)[nH]2)c1I. The first-order valence-electron chi connectivity index (χ1n) is 4.48. The largest absolute Gasteiger partial charge is 0.279 e. The highest BCUT2D eigenvalue weighted by atomic mass is 127. The molecule has 0 saturated heterocycles. The molecular weight excluding hydrogens is 321 g/mol. The van der Waals surface area contributed by atoms with Crippen LogP contribution >= 0.6 is 34.8 Å². The van der Waals surface area contributed by atoms with E-state index in [9.17, 15) is 0 Å². The van der Waals surface area contributed by atoms with Gasteiger partial charge in [-0.25, -0.2) is 0 Å². The van der Waals surface area contributed by atoms with E-state index < -0.39 is 0 Å². The monoisotopic (exact) mass is 331 g/mol. The van der Waals surface area contributed by atoms with Crippen molar-refractivity contribution in [3.63, 3.8) is 0 Å². The summed E-state index contributed by atoms with van der Waals surface area (Å²) in [6.07, 6.45) is 0. The molecule has 0 spiro atoms. The normalized spacial score (nSPS) is 10.6. The molecule has 15 heavy (non-hydrogen) atoms. The minimum absolute atomic E-state index is 0.572. The number of H-pyrrole nitrogens is 1. The molecule has 78 valence electrons. The maximum Gasteiger partial charge on any atom is 0.216 e. The standard InChI is InChI=1S/C10H10IN3S/c1-6-4-3-5-7(8(6)11)9-12-10(15)14(2)13-9/h3-5H,1-2H3,(H,12,13,15). The van der Waals surface area contributed by atoms with Crippen molar-refractivity contribution < 1.29 is 0 Å². The number of hydrogen-bond acceptors (Lipinski definition) is 2. The highest BCUT2D eigenvalue weighted by molar-refractivity contribution is 14.1. The van der Waals surface area contributed by atoms with E-state index in [-0.39, 0.29) is 0 Å². The molecule has 0 saturated carbocycles. The van der Waals surface area contributed by atoms with Crippen molar-refractivity contribution in [2.75, 3.05) is 0 Å². The van der Waals surface area contributed by atoms with E-state index >= 15 is 0 Å². The van der Waals surface area contributed by atoms with Crippen LogP contribution in [-0.2, 0) is 7.05 Å². The van der Waals surface area contributed by atoms with E-state index in [0.29, 0.717) is 4.77 Å². The molecule has 0 aliphatic rings. The van der Waals surface area contributed by atoms with Crippen LogP contribution in [0.25, 0.3) is 11.4 Å². The summed E-state index contributed by atoms with van der Waals surface area (Å²) < 4.78 is 3.52. The lowest BCUT2D eigenvalue weighted by atomic mass is 10.1. The molecular formula is C10H10IN3S. The zero-order chi connectivity index (χ0) is 11.0. The van der Waals surface area contributed by atoms with Gasteiger partial charge in [0.1, 0.15) is 0 Å². The van der Waals surface area contributed by atoms with Crippen LogP contribution in [-0.4, -0.2) is 14.8 Å². The summed E-state index contributed by atoms with van der Waals surface area (Å²) in [6.45, 7) is 2.09. The van der Waals surface area contributed by atoms with Crippen LogP contribution in [0.1, 0.15) is 5.56 Å². The van der Waals surface area contributed by atoms with Gasteiger partial charge >= 0.3 is 0 Å². The predicted octanol–water partition coefficient (Wildman–Crippen LogP) is 3.06. The summed E-state index contributed by atoms with van der Waals surface area (Å²) in [5.74, 6) is 0.829. The zero-order valence-electron chi connectivity index (χ0n) is 8.41. The summed E-state index contributed by atoms with van der Waals surface area (Å²) in [6, 6.07) is 6.16. The van der Waals surface area contributed by atoms with E-state index in [1.807, 2.05) is 19.2 Å². The number of nitrogens with one attached hydrogen (secondary N) is 1. The molecule has 0 unspecified atom stereocenters. The first kappa shape index (κ1) is 10.8. The number of hydrogen-bond donors (Lipinski definition) is 1. The van der Waals surface area contributed by atoms with Crippen LogP contribution in [0.3, 0.4) is 0 Å². The van der Waals surface area contributed by atoms with Crippen molar-refractivity contribution in [1.82, 2.24) is 14.8 Å². The molecule has 0 atom stereocenters. The Kier molecular flexibility index (Phi) is 2.92. The molecule has 0 fully saturated rings. The van der Waals surface area contributed by atoms with Crippen molar-refractivity contribution in [3.8, 4) is 11.4 Å².